The molecule has 0 aliphatic carbocycles. The first-order valence-electron chi connectivity index (χ1n) is 4.55. The van der Waals surface area contributed by atoms with Gasteiger partial charge in [-0.3, -0.25) is 5.43 Å². The van der Waals surface area contributed by atoms with E-state index in [4.69, 9.17) is 0 Å². The summed E-state index contributed by atoms with van der Waals surface area (Å²) in [5.41, 5.74) is 6.14. The van der Waals surface area contributed by atoms with Gasteiger partial charge in [0, 0.05) is 7.05 Å². The average Bonchev–Trinajstić information content (AvgIpc) is 2.66. The highest BCUT2D eigenvalue weighted by Crippen LogP contribution is 2.32. The van der Waals surface area contributed by atoms with Gasteiger partial charge in [0.05, 0.1) is 17.6 Å². The molecule has 2 aliphatic heterocycles. The number of para-hydroxylation sites is 2. The monoisotopic (exact) mass is 186 g/mol. The average molecular weight is 186 g/mol. The summed E-state index contributed by atoms with van der Waals surface area (Å²) in [5.74, 6) is 0. The summed E-state index contributed by atoms with van der Waals surface area (Å²) < 4.78 is 0. The number of anilines is 1. The van der Waals surface area contributed by atoms with Crippen LogP contribution in [0.2, 0.25) is 0 Å². The second kappa shape index (κ2) is 2.57. The Hall–Kier alpha value is -1.84. The van der Waals surface area contributed by atoms with Gasteiger partial charge >= 0.3 is 0 Å². The van der Waals surface area contributed by atoms with E-state index in [2.05, 4.69) is 26.5 Å². The molecule has 0 bridgehead atoms. The standard InChI is InChI=1S/C10H10N4/c1-14-9-5-3-2-4-7(9)12-8-6-11-13-10(8)14/h2-6,10,13H,1H3/t10-/m1/s1. The van der Waals surface area contributed by atoms with E-state index in [-0.39, 0.29) is 6.17 Å². The molecule has 1 N–H and O–H groups in total. The van der Waals surface area contributed by atoms with E-state index in [9.17, 15) is 0 Å². The molecule has 2 heterocycles. The van der Waals surface area contributed by atoms with Crippen molar-refractivity contribution in [2.75, 3.05) is 11.9 Å². The minimum absolute atomic E-state index is 0.102. The molecule has 0 unspecified atom stereocenters. The molecule has 0 spiro atoms. The van der Waals surface area contributed by atoms with E-state index < -0.39 is 0 Å². The van der Waals surface area contributed by atoms with E-state index in [0.717, 1.165) is 17.1 Å². The van der Waals surface area contributed by atoms with Gasteiger partial charge in [0.25, 0.3) is 0 Å². The molecule has 14 heavy (non-hydrogen) atoms. The smallest absolute Gasteiger partial charge is 0.160 e. The number of hydrogen-bond acceptors (Lipinski definition) is 4. The molecule has 0 amide bonds. The van der Waals surface area contributed by atoms with Crippen LogP contribution in [0.4, 0.5) is 11.4 Å². The van der Waals surface area contributed by atoms with Gasteiger partial charge in [-0.2, -0.15) is 5.10 Å². The van der Waals surface area contributed by atoms with E-state index in [1.165, 1.54) is 0 Å². The Kier molecular flexibility index (Phi) is 1.39. The number of fused-ring (bicyclic) bond motifs is 2. The van der Waals surface area contributed by atoms with Crippen LogP contribution in [-0.4, -0.2) is 25.1 Å². The zero-order valence-corrected chi connectivity index (χ0v) is 7.81. The molecule has 2 aliphatic rings. The zero-order valence-electron chi connectivity index (χ0n) is 7.81. The minimum atomic E-state index is 0.102. The Balaban J connectivity index is 2.19. The maximum Gasteiger partial charge on any atom is 0.160 e. The number of hydrogen-bond donors (Lipinski definition) is 1. The van der Waals surface area contributed by atoms with Crippen molar-refractivity contribution in [3.05, 3.63) is 24.3 Å². The van der Waals surface area contributed by atoms with Gasteiger partial charge in [-0.15, -0.1) is 0 Å². The first kappa shape index (κ1) is 7.55. The molecule has 70 valence electrons. The zero-order chi connectivity index (χ0) is 9.54. The molecule has 1 aromatic carbocycles. The molecule has 0 saturated heterocycles. The Bertz CT molecular complexity index is 436. The van der Waals surface area contributed by atoms with Gasteiger partial charge in [0.2, 0.25) is 0 Å². The number of benzene rings is 1. The van der Waals surface area contributed by atoms with Gasteiger partial charge in [-0.25, -0.2) is 4.99 Å². The largest absolute Gasteiger partial charge is 0.346 e. The SMILES string of the molecule is CN1c2ccccc2N=C2C=NN[C@@H]21. The van der Waals surface area contributed by atoms with Crippen molar-refractivity contribution in [3.8, 4) is 0 Å². The van der Waals surface area contributed by atoms with E-state index in [1.54, 1.807) is 6.21 Å². The maximum atomic E-state index is 4.52. The van der Waals surface area contributed by atoms with E-state index >= 15 is 0 Å². The third-order valence-corrected chi connectivity index (χ3v) is 2.57. The lowest BCUT2D eigenvalue weighted by molar-refractivity contribution is 0.658. The number of hydrazone groups is 1. The van der Waals surface area contributed by atoms with Gasteiger partial charge in [-0.05, 0) is 12.1 Å². The Morgan fingerprint density at radius 1 is 1.36 bits per heavy atom. The maximum absolute atomic E-state index is 4.52. The van der Waals surface area contributed by atoms with Crippen LogP contribution in [0.25, 0.3) is 0 Å². The molecule has 0 aromatic heterocycles. The van der Waals surface area contributed by atoms with Crippen LogP contribution in [0, 0.1) is 0 Å². The molecule has 4 nitrogen and oxygen atoms in total. The van der Waals surface area contributed by atoms with Crippen LogP contribution in [0.3, 0.4) is 0 Å². The lowest BCUT2D eigenvalue weighted by atomic mass is 10.1. The fraction of sp³-hybridized carbons (Fsp3) is 0.200. The van der Waals surface area contributed by atoms with Crippen molar-refractivity contribution in [3.63, 3.8) is 0 Å². The highest BCUT2D eigenvalue weighted by molar-refractivity contribution is 6.36. The summed E-state index contributed by atoms with van der Waals surface area (Å²) in [5, 5.41) is 4.01. The van der Waals surface area contributed by atoms with E-state index in [0.29, 0.717) is 0 Å². The van der Waals surface area contributed by atoms with Crippen molar-refractivity contribution in [2.24, 2.45) is 10.1 Å². The molecule has 1 atom stereocenters. The topological polar surface area (TPSA) is 40.0 Å². The van der Waals surface area contributed by atoms with Crippen LogP contribution in [0.15, 0.2) is 34.4 Å². The molecule has 4 heteroatoms. The quantitative estimate of drug-likeness (QED) is 0.659. The van der Waals surface area contributed by atoms with Crippen molar-refractivity contribution in [1.29, 1.82) is 0 Å². The fourth-order valence-electron chi connectivity index (χ4n) is 1.82. The predicted octanol–water partition coefficient (Wildman–Crippen LogP) is 1.12. The molecule has 0 fully saturated rings. The summed E-state index contributed by atoms with van der Waals surface area (Å²) >= 11 is 0. The second-order valence-electron chi connectivity index (χ2n) is 3.43. The lowest BCUT2D eigenvalue weighted by Crippen LogP contribution is -2.45. The molecule has 0 saturated carbocycles. The molecular formula is C10H10N4. The molecule has 1 aromatic rings. The first-order valence-corrected chi connectivity index (χ1v) is 4.55. The Labute approximate surface area is 81.9 Å². The number of rotatable bonds is 0. The normalized spacial score (nSPS) is 22.5. The van der Waals surface area contributed by atoms with Gasteiger partial charge in [0.1, 0.15) is 5.71 Å². The number of nitrogens with zero attached hydrogens (tertiary/aromatic N) is 3. The highest BCUT2D eigenvalue weighted by Gasteiger charge is 2.28. The first-order chi connectivity index (χ1) is 6.86. The summed E-state index contributed by atoms with van der Waals surface area (Å²) in [6.45, 7) is 0. The van der Waals surface area contributed by atoms with Crippen LogP contribution in [0.5, 0.6) is 0 Å². The fourth-order valence-corrected chi connectivity index (χ4v) is 1.82. The predicted molar refractivity (Wildman–Crippen MR) is 57.4 cm³/mol. The molecular weight excluding hydrogens is 176 g/mol. The Morgan fingerprint density at radius 3 is 3.14 bits per heavy atom. The van der Waals surface area contributed by atoms with Crippen LogP contribution in [-0.2, 0) is 0 Å². The summed E-state index contributed by atoms with van der Waals surface area (Å²) in [7, 11) is 2.04. The van der Waals surface area contributed by atoms with Crippen molar-refractivity contribution in [2.45, 2.75) is 6.17 Å². The third kappa shape index (κ3) is 0.878. The van der Waals surface area contributed by atoms with Gasteiger partial charge < -0.3 is 4.90 Å². The number of aliphatic imine (C=N–C) groups is 1. The summed E-state index contributed by atoms with van der Waals surface area (Å²) in [6, 6.07) is 8.10. The van der Waals surface area contributed by atoms with Gasteiger partial charge in [0.15, 0.2) is 6.17 Å². The summed E-state index contributed by atoms with van der Waals surface area (Å²) in [6.07, 6.45) is 1.88. The van der Waals surface area contributed by atoms with Crippen molar-refractivity contribution in [1.82, 2.24) is 5.43 Å². The minimum Gasteiger partial charge on any atom is -0.346 e. The van der Waals surface area contributed by atoms with Crippen LogP contribution >= 0.6 is 0 Å². The van der Waals surface area contributed by atoms with Gasteiger partial charge in [-0.1, -0.05) is 12.1 Å². The summed E-state index contributed by atoms with van der Waals surface area (Å²) in [4.78, 5) is 6.66. The van der Waals surface area contributed by atoms with E-state index in [1.807, 2.05) is 25.2 Å². The second-order valence-corrected chi connectivity index (χ2v) is 3.43. The third-order valence-electron chi connectivity index (χ3n) is 2.57. The Morgan fingerprint density at radius 2 is 2.21 bits per heavy atom. The highest BCUT2D eigenvalue weighted by atomic mass is 15.4. The molecule has 3 rings (SSSR count). The number of nitrogens with one attached hydrogen (secondary N) is 1. The molecule has 0 radical (unpaired) electrons. The van der Waals surface area contributed by atoms with Crippen LogP contribution < -0.4 is 10.3 Å². The van der Waals surface area contributed by atoms with Crippen molar-refractivity contribution >= 4 is 23.3 Å². The lowest BCUT2D eigenvalue weighted by Gasteiger charge is -2.30. The van der Waals surface area contributed by atoms with Crippen LogP contribution in [0.1, 0.15) is 0 Å². The van der Waals surface area contributed by atoms with Crippen molar-refractivity contribution < 1.29 is 0 Å².